The van der Waals surface area contributed by atoms with Crippen molar-refractivity contribution in [3.8, 4) is 0 Å². The average Bonchev–Trinajstić information content (AvgIpc) is 3.27. The van der Waals surface area contributed by atoms with Crippen molar-refractivity contribution >= 4 is 72.7 Å². The maximum absolute atomic E-state index is 14.6. The van der Waals surface area contributed by atoms with Crippen molar-refractivity contribution < 1.29 is 28.7 Å². The third-order valence-electron chi connectivity index (χ3n) is 13.3. The molecule has 0 saturated heterocycles. The standard InChI is InChI=1S/C53H64N2O6/c1-4-7-9-16-20-24-36(25-21-17-10-8-5-2)55-52(59)43-32-28-39-37-26-30-41-48-42(31-27-38(46(37)48)40-29-33-44(53(55)60)49(43)47(39)40)51(58)54(50(41)57)34-22-18-14-12-11-13-15-19-23-35-61-45(56)6-3/h6,26-33,36H,3-5,7-25,34-35H2,1-2H3. The van der Waals surface area contributed by atoms with Crippen molar-refractivity contribution in [3.05, 3.63) is 83.4 Å². The summed E-state index contributed by atoms with van der Waals surface area (Å²) < 4.78 is 5.03. The zero-order valence-electron chi connectivity index (χ0n) is 36.6. The fourth-order valence-corrected chi connectivity index (χ4v) is 10.1. The summed E-state index contributed by atoms with van der Waals surface area (Å²) in [6.07, 6.45) is 23.4. The Morgan fingerprint density at radius 1 is 0.508 bits per heavy atom. The number of hydrogen-bond acceptors (Lipinski definition) is 6. The number of nitrogens with zero attached hydrogens (tertiary/aromatic N) is 2. The van der Waals surface area contributed by atoms with Gasteiger partial charge in [0.2, 0.25) is 0 Å². The highest BCUT2D eigenvalue weighted by Gasteiger charge is 2.39. The smallest absolute Gasteiger partial charge is 0.330 e. The first-order valence-corrected chi connectivity index (χ1v) is 23.6. The Morgan fingerprint density at radius 2 is 0.885 bits per heavy atom. The molecule has 61 heavy (non-hydrogen) atoms. The summed E-state index contributed by atoms with van der Waals surface area (Å²) in [6.45, 7) is 8.67. The molecule has 2 aliphatic rings. The summed E-state index contributed by atoms with van der Waals surface area (Å²) in [5.74, 6) is -1.27. The van der Waals surface area contributed by atoms with E-state index >= 15 is 0 Å². The largest absolute Gasteiger partial charge is 0.463 e. The highest BCUT2D eigenvalue weighted by molar-refractivity contribution is 6.41. The van der Waals surface area contributed by atoms with E-state index in [2.05, 4.69) is 20.4 Å². The van der Waals surface area contributed by atoms with Crippen LogP contribution >= 0.6 is 0 Å². The molecule has 0 fully saturated rings. The maximum atomic E-state index is 14.6. The van der Waals surface area contributed by atoms with E-state index in [0.29, 0.717) is 46.2 Å². The second kappa shape index (κ2) is 20.6. The van der Waals surface area contributed by atoms with Gasteiger partial charge in [0.05, 0.1) is 6.61 Å². The van der Waals surface area contributed by atoms with Crippen molar-refractivity contribution in [3.63, 3.8) is 0 Å². The summed E-state index contributed by atoms with van der Waals surface area (Å²) in [5, 5.41) is 6.84. The minimum absolute atomic E-state index is 0.125. The first-order valence-electron chi connectivity index (χ1n) is 23.6. The number of benzene rings is 5. The Labute approximate surface area is 361 Å². The molecule has 8 heteroatoms. The molecular formula is C53H64N2O6. The first kappa shape index (κ1) is 44.0. The van der Waals surface area contributed by atoms with Crippen LogP contribution in [0.4, 0.5) is 0 Å². The van der Waals surface area contributed by atoms with Gasteiger partial charge in [-0.15, -0.1) is 0 Å². The van der Waals surface area contributed by atoms with E-state index in [1.165, 1.54) is 49.5 Å². The summed E-state index contributed by atoms with van der Waals surface area (Å²) in [4.78, 5) is 71.4. The molecule has 8 nitrogen and oxygen atoms in total. The Balaban J connectivity index is 1.08. The molecule has 0 aromatic heterocycles. The summed E-state index contributed by atoms with van der Waals surface area (Å²) in [5.41, 5.74) is 2.24. The highest BCUT2D eigenvalue weighted by Crippen LogP contribution is 2.46. The summed E-state index contributed by atoms with van der Waals surface area (Å²) in [6, 6.07) is 15.4. The number of amides is 4. The second-order valence-electron chi connectivity index (χ2n) is 17.5. The minimum Gasteiger partial charge on any atom is -0.463 e. The van der Waals surface area contributed by atoms with E-state index in [1.54, 1.807) is 4.90 Å². The van der Waals surface area contributed by atoms with Crippen LogP contribution in [-0.2, 0) is 9.53 Å². The molecule has 7 rings (SSSR count). The lowest BCUT2D eigenvalue weighted by molar-refractivity contribution is -0.137. The third-order valence-corrected chi connectivity index (χ3v) is 13.3. The van der Waals surface area contributed by atoms with Crippen LogP contribution in [0.3, 0.4) is 0 Å². The predicted molar refractivity (Wildman–Crippen MR) is 247 cm³/mol. The normalized spacial score (nSPS) is 14.0. The van der Waals surface area contributed by atoms with Gasteiger partial charge in [-0.2, -0.15) is 0 Å². The molecule has 0 aliphatic carbocycles. The van der Waals surface area contributed by atoms with Gasteiger partial charge in [-0.25, -0.2) is 4.79 Å². The molecule has 5 aromatic rings. The monoisotopic (exact) mass is 824 g/mol. The second-order valence-corrected chi connectivity index (χ2v) is 17.5. The molecule has 4 amide bonds. The van der Waals surface area contributed by atoms with Crippen molar-refractivity contribution in [2.24, 2.45) is 0 Å². The van der Waals surface area contributed by atoms with Crippen LogP contribution in [0.2, 0.25) is 0 Å². The molecule has 2 aliphatic heterocycles. The molecule has 0 saturated carbocycles. The molecule has 0 bridgehead atoms. The zero-order chi connectivity index (χ0) is 42.9. The van der Waals surface area contributed by atoms with Crippen molar-refractivity contribution in [2.45, 2.75) is 155 Å². The number of imide groups is 2. The minimum atomic E-state index is -0.369. The lowest BCUT2D eigenvalue weighted by Crippen LogP contribution is -2.47. The van der Waals surface area contributed by atoms with Crippen LogP contribution in [0, 0.1) is 0 Å². The molecule has 0 radical (unpaired) electrons. The van der Waals surface area contributed by atoms with Crippen LogP contribution in [0.25, 0.3) is 43.1 Å². The van der Waals surface area contributed by atoms with Crippen LogP contribution < -0.4 is 0 Å². The predicted octanol–water partition coefficient (Wildman–Crippen LogP) is 13.3. The van der Waals surface area contributed by atoms with E-state index in [1.807, 2.05) is 48.5 Å². The van der Waals surface area contributed by atoms with Crippen LogP contribution in [0.15, 0.2) is 61.2 Å². The number of carbonyl (C=O) groups excluding carboxylic acids is 5. The van der Waals surface area contributed by atoms with E-state index in [0.717, 1.165) is 129 Å². The van der Waals surface area contributed by atoms with Gasteiger partial charge in [-0.05, 0) is 82.3 Å². The fourth-order valence-electron chi connectivity index (χ4n) is 10.1. The zero-order valence-corrected chi connectivity index (χ0v) is 36.6. The van der Waals surface area contributed by atoms with Crippen LogP contribution in [0.5, 0.6) is 0 Å². The lowest BCUT2D eigenvalue weighted by atomic mass is 9.82. The quantitative estimate of drug-likeness (QED) is 0.0137. The third kappa shape index (κ3) is 9.10. The van der Waals surface area contributed by atoms with E-state index in [9.17, 15) is 24.0 Å². The maximum Gasteiger partial charge on any atom is 0.330 e. The van der Waals surface area contributed by atoms with Gasteiger partial charge >= 0.3 is 5.97 Å². The van der Waals surface area contributed by atoms with E-state index in [4.69, 9.17) is 4.74 Å². The van der Waals surface area contributed by atoms with Gasteiger partial charge in [0.15, 0.2) is 0 Å². The van der Waals surface area contributed by atoms with Crippen molar-refractivity contribution in [1.29, 1.82) is 0 Å². The number of esters is 1. The molecule has 322 valence electrons. The number of carbonyl (C=O) groups is 5. The van der Waals surface area contributed by atoms with Crippen LogP contribution in [-0.4, -0.2) is 58.6 Å². The van der Waals surface area contributed by atoms with Crippen molar-refractivity contribution in [1.82, 2.24) is 9.80 Å². The topological polar surface area (TPSA) is 101 Å². The number of ether oxygens (including phenoxy) is 1. The molecular weight excluding hydrogens is 761 g/mol. The van der Waals surface area contributed by atoms with Gasteiger partial charge in [-0.1, -0.05) is 154 Å². The van der Waals surface area contributed by atoms with E-state index in [-0.39, 0.29) is 35.6 Å². The molecule has 0 atom stereocenters. The van der Waals surface area contributed by atoms with Gasteiger partial charge in [-0.3, -0.25) is 29.0 Å². The van der Waals surface area contributed by atoms with Gasteiger partial charge < -0.3 is 4.74 Å². The number of hydrogen-bond donors (Lipinski definition) is 0. The summed E-state index contributed by atoms with van der Waals surface area (Å²) >= 11 is 0. The number of unbranched alkanes of at least 4 members (excludes halogenated alkanes) is 16. The van der Waals surface area contributed by atoms with Crippen molar-refractivity contribution in [2.75, 3.05) is 13.2 Å². The Bertz CT molecular complexity index is 2280. The Hall–Kier alpha value is -5.11. The van der Waals surface area contributed by atoms with Gasteiger partial charge in [0, 0.05) is 51.7 Å². The summed E-state index contributed by atoms with van der Waals surface area (Å²) in [7, 11) is 0. The number of fused-ring (bicyclic) bond motifs is 2. The van der Waals surface area contributed by atoms with Gasteiger partial charge in [0.1, 0.15) is 0 Å². The Kier molecular flexibility index (Phi) is 14.9. The average molecular weight is 825 g/mol. The highest BCUT2D eigenvalue weighted by atomic mass is 16.5. The number of rotatable bonds is 26. The SMILES string of the molecule is C=CC(=O)OCCCCCCCCCCCN1C(=O)c2ccc3c4ccc5c6c(ccc(c7ccc(c2c37)C1=O)c64)C(=O)N(C(CCCCCCC)CCCCCCC)C5=O. The van der Waals surface area contributed by atoms with Crippen LogP contribution in [0.1, 0.15) is 190 Å². The molecule has 0 N–H and O–H groups in total. The molecule has 0 unspecified atom stereocenters. The Morgan fingerprint density at radius 3 is 1.31 bits per heavy atom. The van der Waals surface area contributed by atoms with Gasteiger partial charge in [0.25, 0.3) is 23.6 Å². The molecule has 5 aromatic carbocycles. The first-order chi connectivity index (χ1) is 29.8. The lowest BCUT2D eigenvalue weighted by Gasteiger charge is -2.35. The van der Waals surface area contributed by atoms with E-state index < -0.39 is 0 Å². The fraction of sp³-hybridized carbons (Fsp3) is 0.491. The molecule has 0 spiro atoms. The molecule has 2 heterocycles.